The highest BCUT2D eigenvalue weighted by molar-refractivity contribution is 5.91. The maximum Gasteiger partial charge on any atom is 0.573 e. The van der Waals surface area contributed by atoms with E-state index in [1.54, 1.807) is 36.1 Å². The summed E-state index contributed by atoms with van der Waals surface area (Å²) >= 11 is 0. The monoisotopic (exact) mass is 538 g/mol. The molecule has 0 aromatic heterocycles. The van der Waals surface area contributed by atoms with Gasteiger partial charge in [0.15, 0.2) is 11.9 Å². The Morgan fingerprint density at radius 2 is 1.79 bits per heavy atom. The second-order valence-corrected chi connectivity index (χ2v) is 9.05. The van der Waals surface area contributed by atoms with Crippen LogP contribution in [0.15, 0.2) is 48.5 Å². The molecule has 8 nitrogen and oxygen atoms in total. The van der Waals surface area contributed by atoms with Crippen LogP contribution < -0.4 is 14.8 Å². The van der Waals surface area contributed by atoms with Gasteiger partial charge in [0.25, 0.3) is 0 Å². The number of carbonyl (C=O) groups is 2. The number of benzene rings is 2. The minimum Gasteiger partial charge on any atom is -0.492 e. The molecule has 0 bridgehead atoms. The van der Waals surface area contributed by atoms with Crippen LogP contribution in [0.5, 0.6) is 11.5 Å². The number of amides is 2. The van der Waals surface area contributed by atoms with Gasteiger partial charge in [0.05, 0.1) is 12.2 Å². The third-order valence-corrected chi connectivity index (χ3v) is 6.21. The summed E-state index contributed by atoms with van der Waals surface area (Å²) in [5, 5.41) is 11.8. The van der Waals surface area contributed by atoms with Crippen molar-refractivity contribution < 1.29 is 42.1 Å². The van der Waals surface area contributed by atoms with Crippen LogP contribution in [-0.2, 0) is 16.0 Å². The number of carbonyl (C=O) groups excluding carboxylic acids is 1. The van der Waals surface area contributed by atoms with E-state index in [4.69, 9.17) is 9.47 Å². The predicted octanol–water partition coefficient (Wildman–Crippen LogP) is 5.72. The fraction of sp³-hybridized carbons (Fsp3) is 0.481. The van der Waals surface area contributed by atoms with Crippen LogP contribution in [0, 0.1) is 5.92 Å². The van der Waals surface area contributed by atoms with E-state index in [0.717, 1.165) is 37.3 Å². The molecule has 1 fully saturated rings. The number of halogens is 3. The Balaban J connectivity index is 1.60. The van der Waals surface area contributed by atoms with Crippen molar-refractivity contribution in [1.82, 2.24) is 4.90 Å². The Labute approximate surface area is 219 Å². The summed E-state index contributed by atoms with van der Waals surface area (Å²) in [6.07, 6.45) is -1.46. The molecular weight excluding hydrogens is 505 g/mol. The molecule has 1 aliphatic rings. The van der Waals surface area contributed by atoms with Gasteiger partial charge in [-0.25, -0.2) is 9.59 Å². The molecule has 0 saturated heterocycles. The second-order valence-electron chi connectivity index (χ2n) is 9.05. The van der Waals surface area contributed by atoms with Gasteiger partial charge in [-0.15, -0.1) is 13.2 Å². The van der Waals surface area contributed by atoms with E-state index in [-0.39, 0.29) is 25.3 Å². The van der Waals surface area contributed by atoms with Gasteiger partial charge in [0.1, 0.15) is 12.4 Å². The largest absolute Gasteiger partial charge is 0.573 e. The molecule has 0 spiro atoms. The number of urea groups is 1. The van der Waals surface area contributed by atoms with Crippen molar-refractivity contribution in [2.45, 2.75) is 51.5 Å². The lowest BCUT2D eigenvalue weighted by atomic mass is 10.1. The zero-order valence-corrected chi connectivity index (χ0v) is 21.2. The number of alkyl halides is 3. The standard InChI is InChI=1S/C27H33F3N2O6/c1-2-36-24(25(33)34)17-19-11-13-21(14-12-19)37-16-15-32(18-20-7-3-4-8-20)26(35)31-22-9-5-6-10-23(22)38-27(28,29)30/h5-6,9-14,20,24H,2-4,7-8,15-18H2,1H3,(H,31,35)(H,33,34). The third kappa shape index (κ3) is 9.44. The number of rotatable bonds is 13. The number of hydrogen-bond donors (Lipinski definition) is 2. The lowest BCUT2D eigenvalue weighted by molar-refractivity contribution is -0.274. The highest BCUT2D eigenvalue weighted by Gasteiger charge is 2.32. The lowest BCUT2D eigenvalue weighted by Crippen LogP contribution is -2.40. The van der Waals surface area contributed by atoms with Crippen molar-refractivity contribution >= 4 is 17.7 Å². The number of nitrogens with one attached hydrogen (secondary N) is 1. The van der Waals surface area contributed by atoms with Gasteiger partial charge >= 0.3 is 18.4 Å². The molecule has 2 amide bonds. The first-order chi connectivity index (χ1) is 18.1. The molecule has 11 heteroatoms. The smallest absolute Gasteiger partial charge is 0.492 e. The molecule has 0 heterocycles. The van der Waals surface area contributed by atoms with Gasteiger partial charge in [-0.2, -0.15) is 0 Å². The molecule has 1 atom stereocenters. The molecule has 2 aromatic carbocycles. The predicted molar refractivity (Wildman–Crippen MR) is 134 cm³/mol. The molecule has 1 unspecified atom stereocenters. The first-order valence-electron chi connectivity index (χ1n) is 12.6. The Bertz CT molecular complexity index is 1040. The molecule has 2 N–H and O–H groups in total. The minimum atomic E-state index is -4.88. The van der Waals surface area contributed by atoms with E-state index in [2.05, 4.69) is 10.1 Å². The molecule has 1 saturated carbocycles. The van der Waals surface area contributed by atoms with E-state index < -0.39 is 30.2 Å². The van der Waals surface area contributed by atoms with Crippen LogP contribution in [0.25, 0.3) is 0 Å². The summed E-state index contributed by atoms with van der Waals surface area (Å²) in [5.41, 5.74) is 0.703. The first kappa shape index (κ1) is 29.1. The topological polar surface area (TPSA) is 97.3 Å². The number of carboxylic acid groups (broad SMARTS) is 1. The highest BCUT2D eigenvalue weighted by atomic mass is 19.4. The SMILES string of the molecule is CCOC(Cc1ccc(OCCN(CC2CCCC2)C(=O)Nc2ccccc2OC(F)(F)F)cc1)C(=O)O. The quantitative estimate of drug-likeness (QED) is 0.339. The average Bonchev–Trinajstić information content (AvgIpc) is 3.37. The van der Waals surface area contributed by atoms with E-state index in [1.165, 1.54) is 18.2 Å². The van der Waals surface area contributed by atoms with Gasteiger partial charge in [0.2, 0.25) is 0 Å². The summed E-state index contributed by atoms with van der Waals surface area (Å²) in [6, 6.07) is 11.8. The van der Waals surface area contributed by atoms with E-state index in [9.17, 15) is 27.9 Å². The minimum absolute atomic E-state index is 0.0746. The van der Waals surface area contributed by atoms with E-state index in [1.807, 2.05) is 0 Å². The zero-order valence-electron chi connectivity index (χ0n) is 21.2. The molecular formula is C27H33F3N2O6. The summed E-state index contributed by atoms with van der Waals surface area (Å²) in [5.74, 6) is -0.656. The summed E-state index contributed by atoms with van der Waals surface area (Å²) < 4.78 is 53.4. The Hall–Kier alpha value is -3.47. The third-order valence-electron chi connectivity index (χ3n) is 6.21. The van der Waals surface area contributed by atoms with Gasteiger partial charge < -0.3 is 29.5 Å². The van der Waals surface area contributed by atoms with Gasteiger partial charge in [0, 0.05) is 19.6 Å². The maximum absolute atomic E-state index is 13.1. The first-order valence-corrected chi connectivity index (χ1v) is 12.6. The van der Waals surface area contributed by atoms with Crippen molar-refractivity contribution in [3.63, 3.8) is 0 Å². The van der Waals surface area contributed by atoms with Crippen LogP contribution in [-0.4, -0.2) is 60.8 Å². The van der Waals surface area contributed by atoms with E-state index in [0.29, 0.717) is 24.8 Å². The Morgan fingerprint density at radius 1 is 1.11 bits per heavy atom. The number of hydrogen-bond acceptors (Lipinski definition) is 5. The number of aliphatic carboxylic acids is 1. The Kier molecular flexibility index (Phi) is 10.6. The number of ether oxygens (including phenoxy) is 3. The normalized spacial score (nSPS) is 14.6. The van der Waals surface area contributed by atoms with Gasteiger partial charge in [-0.3, -0.25) is 0 Å². The number of anilines is 1. The van der Waals surface area contributed by atoms with Gasteiger partial charge in [-0.1, -0.05) is 37.1 Å². The van der Waals surface area contributed by atoms with Crippen molar-refractivity contribution in [3.8, 4) is 11.5 Å². The fourth-order valence-corrected chi connectivity index (χ4v) is 4.39. The summed E-state index contributed by atoms with van der Waals surface area (Å²) in [7, 11) is 0. The van der Waals surface area contributed by atoms with Crippen LogP contribution in [0.3, 0.4) is 0 Å². The van der Waals surface area contributed by atoms with Crippen LogP contribution >= 0.6 is 0 Å². The lowest BCUT2D eigenvalue weighted by Gasteiger charge is -2.26. The molecule has 38 heavy (non-hydrogen) atoms. The highest BCUT2D eigenvalue weighted by Crippen LogP contribution is 2.31. The van der Waals surface area contributed by atoms with Crippen molar-refractivity contribution in [1.29, 1.82) is 0 Å². The van der Waals surface area contributed by atoms with E-state index >= 15 is 0 Å². The van der Waals surface area contributed by atoms with Crippen LogP contribution in [0.1, 0.15) is 38.2 Å². The average molecular weight is 539 g/mol. The van der Waals surface area contributed by atoms with Crippen molar-refractivity contribution in [2.24, 2.45) is 5.92 Å². The number of nitrogens with zero attached hydrogens (tertiary/aromatic N) is 1. The second kappa shape index (κ2) is 13.9. The molecule has 3 rings (SSSR count). The Morgan fingerprint density at radius 3 is 2.42 bits per heavy atom. The van der Waals surface area contributed by atoms with Crippen molar-refractivity contribution in [3.05, 3.63) is 54.1 Å². The molecule has 208 valence electrons. The summed E-state index contributed by atoms with van der Waals surface area (Å²) in [6.45, 7) is 2.88. The molecule has 0 aliphatic heterocycles. The molecule has 1 aliphatic carbocycles. The van der Waals surface area contributed by atoms with Crippen LogP contribution in [0.4, 0.5) is 23.7 Å². The fourth-order valence-electron chi connectivity index (χ4n) is 4.39. The molecule has 2 aromatic rings. The number of para-hydroxylation sites is 2. The van der Waals surface area contributed by atoms with Gasteiger partial charge in [-0.05, 0) is 55.5 Å². The maximum atomic E-state index is 13.1. The zero-order chi connectivity index (χ0) is 27.5. The summed E-state index contributed by atoms with van der Waals surface area (Å²) in [4.78, 5) is 25.9. The molecule has 0 radical (unpaired) electrons. The van der Waals surface area contributed by atoms with Crippen LogP contribution in [0.2, 0.25) is 0 Å². The van der Waals surface area contributed by atoms with Crippen molar-refractivity contribution in [2.75, 3.05) is 31.6 Å². The number of carboxylic acids is 1.